The zero-order chi connectivity index (χ0) is 10.8. The second-order valence-corrected chi connectivity index (χ2v) is 3.78. The summed E-state index contributed by atoms with van der Waals surface area (Å²) in [5.74, 6) is -0.308. The Hall–Kier alpha value is -1.35. The molecule has 2 aromatic rings. The van der Waals surface area contributed by atoms with E-state index in [1.807, 2.05) is 20.0 Å². The van der Waals surface area contributed by atoms with Crippen LogP contribution in [0.1, 0.15) is 0 Å². The Kier molecular flexibility index (Phi) is 2.74. The number of nitrogens with zero attached hydrogens (tertiary/aromatic N) is 1. The van der Waals surface area contributed by atoms with Crippen LogP contribution >= 0.6 is 11.6 Å². The van der Waals surface area contributed by atoms with Gasteiger partial charge >= 0.3 is 0 Å². The molecule has 15 heavy (non-hydrogen) atoms. The van der Waals surface area contributed by atoms with Crippen LogP contribution < -0.4 is 5.46 Å². The van der Waals surface area contributed by atoms with E-state index in [4.69, 9.17) is 11.6 Å². The van der Waals surface area contributed by atoms with Gasteiger partial charge in [-0.3, -0.25) is 4.98 Å². The van der Waals surface area contributed by atoms with Crippen molar-refractivity contribution in [3.8, 4) is 11.3 Å². The first-order valence-corrected chi connectivity index (χ1v) is 4.93. The predicted octanol–water partition coefficient (Wildman–Crippen LogP) is 1.80. The van der Waals surface area contributed by atoms with Crippen molar-refractivity contribution in [2.24, 2.45) is 0 Å². The van der Waals surface area contributed by atoms with E-state index in [1.54, 1.807) is 12.3 Å². The highest BCUT2D eigenvalue weighted by Gasteiger charge is 2.06. The van der Waals surface area contributed by atoms with Crippen molar-refractivity contribution >= 4 is 24.9 Å². The maximum Gasteiger partial charge on any atom is 0.139 e. The van der Waals surface area contributed by atoms with E-state index in [9.17, 15) is 4.39 Å². The maximum absolute atomic E-state index is 13.5. The summed E-state index contributed by atoms with van der Waals surface area (Å²) >= 11 is 5.81. The van der Waals surface area contributed by atoms with Crippen LogP contribution in [0.15, 0.2) is 36.5 Å². The normalized spacial score (nSPS) is 10.3. The molecule has 1 heterocycles. The van der Waals surface area contributed by atoms with E-state index >= 15 is 0 Å². The highest BCUT2D eigenvalue weighted by molar-refractivity contribution is 6.32. The molecule has 0 bridgehead atoms. The molecule has 0 aliphatic carbocycles. The lowest BCUT2D eigenvalue weighted by molar-refractivity contribution is 0.631. The second kappa shape index (κ2) is 4.03. The molecule has 0 radical (unpaired) electrons. The van der Waals surface area contributed by atoms with Crippen LogP contribution in [0.5, 0.6) is 0 Å². The van der Waals surface area contributed by atoms with Gasteiger partial charge in [0.05, 0.1) is 5.69 Å². The second-order valence-electron chi connectivity index (χ2n) is 3.34. The summed E-state index contributed by atoms with van der Waals surface area (Å²) < 4.78 is 13.5. The fraction of sp³-hybridized carbons (Fsp3) is 0. The lowest BCUT2D eigenvalue weighted by Gasteiger charge is -2.03. The summed E-state index contributed by atoms with van der Waals surface area (Å²) in [5.41, 5.74) is 2.08. The van der Waals surface area contributed by atoms with Gasteiger partial charge in [0.25, 0.3) is 0 Å². The average Bonchev–Trinajstić information content (AvgIpc) is 2.22. The number of halogens is 2. The monoisotopic (exact) mass is 219 g/mol. The third kappa shape index (κ3) is 2.18. The molecule has 74 valence electrons. The minimum atomic E-state index is -0.308. The molecule has 0 aliphatic rings. The molecule has 1 aromatic carbocycles. The predicted molar refractivity (Wildman–Crippen MR) is 62.8 cm³/mol. The lowest BCUT2D eigenvalue weighted by Crippen LogP contribution is -2.02. The van der Waals surface area contributed by atoms with E-state index in [0.717, 1.165) is 5.46 Å². The van der Waals surface area contributed by atoms with Crippen LogP contribution in [0.4, 0.5) is 4.39 Å². The highest BCUT2D eigenvalue weighted by atomic mass is 35.5. The summed E-state index contributed by atoms with van der Waals surface area (Å²) in [6.07, 6.45) is 1.66. The lowest BCUT2D eigenvalue weighted by atomic mass is 9.95. The molecule has 0 amide bonds. The Balaban J connectivity index is 2.58. The Morgan fingerprint density at radius 2 is 2.00 bits per heavy atom. The first kappa shape index (κ1) is 10.2. The van der Waals surface area contributed by atoms with E-state index in [2.05, 4.69) is 4.98 Å². The third-order valence-corrected chi connectivity index (χ3v) is 2.35. The summed E-state index contributed by atoms with van der Waals surface area (Å²) in [6, 6.07) is 8.15. The van der Waals surface area contributed by atoms with Gasteiger partial charge in [0, 0.05) is 16.8 Å². The molecule has 1 nitrogen and oxygen atoms in total. The van der Waals surface area contributed by atoms with E-state index in [-0.39, 0.29) is 5.82 Å². The van der Waals surface area contributed by atoms with E-state index < -0.39 is 0 Å². The van der Waals surface area contributed by atoms with Gasteiger partial charge in [0.15, 0.2) is 0 Å². The van der Waals surface area contributed by atoms with Crippen LogP contribution in [0, 0.1) is 5.82 Å². The van der Waals surface area contributed by atoms with Crippen molar-refractivity contribution in [1.29, 1.82) is 0 Å². The van der Waals surface area contributed by atoms with Crippen molar-refractivity contribution in [2.45, 2.75) is 0 Å². The van der Waals surface area contributed by atoms with Gasteiger partial charge in [-0.1, -0.05) is 23.1 Å². The smallest absolute Gasteiger partial charge is 0.139 e. The number of aromatic nitrogens is 1. The zero-order valence-electron chi connectivity index (χ0n) is 8.17. The molecule has 0 saturated carbocycles. The summed E-state index contributed by atoms with van der Waals surface area (Å²) in [4.78, 5) is 4.11. The molecule has 0 aliphatic heterocycles. The van der Waals surface area contributed by atoms with Crippen molar-refractivity contribution in [2.75, 3.05) is 0 Å². The number of pyridine rings is 1. The molecule has 0 atom stereocenters. The Morgan fingerprint density at radius 1 is 1.20 bits per heavy atom. The zero-order valence-corrected chi connectivity index (χ0v) is 8.92. The van der Waals surface area contributed by atoms with Crippen molar-refractivity contribution < 1.29 is 4.39 Å². The molecule has 0 spiro atoms. The molecular weight excluding hydrogens is 211 g/mol. The van der Waals surface area contributed by atoms with Gasteiger partial charge in [0.2, 0.25) is 0 Å². The largest absolute Gasteiger partial charge is 0.256 e. The first-order chi connectivity index (χ1) is 7.16. The highest BCUT2D eigenvalue weighted by Crippen LogP contribution is 2.23. The summed E-state index contributed by atoms with van der Waals surface area (Å²) in [6.45, 7) is 0. The fourth-order valence-corrected chi connectivity index (χ4v) is 1.55. The van der Waals surface area contributed by atoms with Crippen LogP contribution in [-0.2, 0) is 0 Å². The Morgan fingerprint density at radius 3 is 2.73 bits per heavy atom. The number of benzene rings is 1. The molecular formula is C11H8BClFN. The minimum absolute atomic E-state index is 0.308. The van der Waals surface area contributed by atoms with Crippen LogP contribution in [0.25, 0.3) is 11.3 Å². The Labute approximate surface area is 93.3 Å². The number of hydrogen-bond donors (Lipinski definition) is 0. The van der Waals surface area contributed by atoms with Gasteiger partial charge in [0.1, 0.15) is 13.7 Å². The van der Waals surface area contributed by atoms with Gasteiger partial charge in [-0.15, -0.1) is 0 Å². The van der Waals surface area contributed by atoms with Crippen LogP contribution in [0.3, 0.4) is 0 Å². The topological polar surface area (TPSA) is 12.9 Å². The van der Waals surface area contributed by atoms with E-state index in [0.29, 0.717) is 16.3 Å². The third-order valence-electron chi connectivity index (χ3n) is 2.12. The van der Waals surface area contributed by atoms with Crippen LogP contribution in [-0.4, -0.2) is 12.8 Å². The maximum atomic E-state index is 13.5. The molecule has 1 aromatic heterocycles. The fourth-order valence-electron chi connectivity index (χ4n) is 1.38. The average molecular weight is 219 g/mol. The number of hydrogen-bond acceptors (Lipinski definition) is 1. The first-order valence-electron chi connectivity index (χ1n) is 4.55. The summed E-state index contributed by atoms with van der Waals surface area (Å²) in [5, 5.41) is 0.509. The molecule has 0 fully saturated rings. The molecule has 4 heteroatoms. The SMILES string of the molecule is Bc1ccnc(-c2cc(Cl)ccc2F)c1. The van der Waals surface area contributed by atoms with Gasteiger partial charge < -0.3 is 0 Å². The van der Waals surface area contributed by atoms with Crippen LogP contribution in [0.2, 0.25) is 5.02 Å². The minimum Gasteiger partial charge on any atom is -0.256 e. The van der Waals surface area contributed by atoms with Crippen molar-refractivity contribution in [1.82, 2.24) is 4.98 Å². The molecule has 0 N–H and O–H groups in total. The van der Waals surface area contributed by atoms with E-state index in [1.165, 1.54) is 12.1 Å². The number of rotatable bonds is 1. The summed E-state index contributed by atoms with van der Waals surface area (Å²) in [7, 11) is 1.94. The van der Waals surface area contributed by atoms with Crippen molar-refractivity contribution in [3.05, 3.63) is 47.4 Å². The van der Waals surface area contributed by atoms with Gasteiger partial charge in [-0.2, -0.15) is 0 Å². The quantitative estimate of drug-likeness (QED) is 0.667. The Bertz CT molecular complexity index is 502. The molecule has 2 rings (SSSR count). The van der Waals surface area contributed by atoms with Gasteiger partial charge in [-0.25, -0.2) is 4.39 Å². The van der Waals surface area contributed by atoms with Crippen molar-refractivity contribution in [3.63, 3.8) is 0 Å². The standard InChI is InChI=1S/C11H8BClFN/c12-7-3-4-15-11(5-7)9-6-8(13)1-2-10(9)14/h1-6H,12H2. The van der Waals surface area contributed by atoms with Gasteiger partial charge in [-0.05, 0) is 24.3 Å². The molecule has 0 saturated heterocycles. The molecule has 0 unspecified atom stereocenters.